The Balaban J connectivity index is 1.75. The molecule has 0 aliphatic carbocycles. The fraction of sp³-hybridized carbons (Fsp3) is 0.533. The highest BCUT2D eigenvalue weighted by molar-refractivity contribution is 9.10. The number of methoxy groups -OCH3 is 2. The zero-order valence-electron chi connectivity index (χ0n) is 13.1. The second kappa shape index (κ2) is 8.95. The Morgan fingerprint density at radius 1 is 1.30 bits per heavy atom. The van der Waals surface area contributed by atoms with E-state index in [0.717, 1.165) is 15.8 Å². The van der Waals surface area contributed by atoms with E-state index in [4.69, 9.17) is 23.7 Å². The highest BCUT2D eigenvalue weighted by Crippen LogP contribution is 2.32. The molecular formula is C15H20BrNO6. The molecule has 1 aromatic rings. The summed E-state index contributed by atoms with van der Waals surface area (Å²) in [5, 5.41) is 2.66. The summed E-state index contributed by atoms with van der Waals surface area (Å²) >= 11 is 3.41. The van der Waals surface area contributed by atoms with Crippen molar-refractivity contribution in [1.82, 2.24) is 5.32 Å². The van der Waals surface area contributed by atoms with Gasteiger partial charge in [0.2, 0.25) is 0 Å². The Bertz CT molecular complexity index is 535. The number of hydrogen-bond acceptors (Lipinski definition) is 6. The summed E-state index contributed by atoms with van der Waals surface area (Å²) in [5.41, 5.74) is 0.927. The molecule has 0 aromatic heterocycles. The lowest BCUT2D eigenvalue weighted by Gasteiger charge is -2.25. The van der Waals surface area contributed by atoms with E-state index in [0.29, 0.717) is 31.9 Å². The maximum absolute atomic E-state index is 11.5. The summed E-state index contributed by atoms with van der Waals surface area (Å²) in [7, 11) is 3.19. The lowest BCUT2D eigenvalue weighted by Crippen LogP contribution is -2.37. The van der Waals surface area contributed by atoms with Crippen molar-refractivity contribution in [2.45, 2.75) is 12.5 Å². The van der Waals surface area contributed by atoms with Crippen LogP contribution in [-0.4, -0.2) is 53.0 Å². The van der Waals surface area contributed by atoms with Gasteiger partial charge in [-0.3, -0.25) is 0 Å². The molecule has 0 radical (unpaired) electrons. The number of halogens is 1. The number of rotatable bonds is 8. The van der Waals surface area contributed by atoms with Gasteiger partial charge >= 0.3 is 6.09 Å². The molecule has 0 saturated carbocycles. The Hall–Kier alpha value is -1.51. The molecule has 1 N–H and O–H groups in total. The van der Waals surface area contributed by atoms with E-state index < -0.39 is 6.09 Å². The van der Waals surface area contributed by atoms with Gasteiger partial charge < -0.3 is 29.0 Å². The highest BCUT2D eigenvalue weighted by Gasteiger charge is 2.19. The molecule has 0 spiro atoms. The predicted molar refractivity (Wildman–Crippen MR) is 86.0 cm³/mol. The second-order valence-corrected chi connectivity index (χ2v) is 5.71. The maximum atomic E-state index is 11.5. The topological polar surface area (TPSA) is 75.3 Å². The first-order valence-corrected chi connectivity index (χ1v) is 7.93. The number of ether oxygens (including phenoxy) is 5. The van der Waals surface area contributed by atoms with E-state index in [1.54, 1.807) is 14.2 Å². The first kappa shape index (κ1) is 17.8. The van der Waals surface area contributed by atoms with Gasteiger partial charge in [0.15, 0.2) is 6.79 Å². The van der Waals surface area contributed by atoms with Crippen molar-refractivity contribution in [2.24, 2.45) is 0 Å². The van der Waals surface area contributed by atoms with Crippen LogP contribution in [0.15, 0.2) is 16.6 Å². The van der Waals surface area contributed by atoms with E-state index in [1.807, 2.05) is 12.1 Å². The Labute approximate surface area is 143 Å². The van der Waals surface area contributed by atoms with E-state index in [2.05, 4.69) is 21.2 Å². The van der Waals surface area contributed by atoms with Crippen molar-refractivity contribution < 1.29 is 28.5 Å². The van der Waals surface area contributed by atoms with Crippen LogP contribution in [0.2, 0.25) is 0 Å². The molecule has 0 atom stereocenters. The van der Waals surface area contributed by atoms with Crippen LogP contribution in [-0.2, 0) is 20.6 Å². The highest BCUT2D eigenvalue weighted by atomic mass is 79.9. The minimum absolute atomic E-state index is 0.0299. The molecule has 1 saturated heterocycles. The van der Waals surface area contributed by atoms with Gasteiger partial charge in [0.05, 0.1) is 31.9 Å². The predicted octanol–water partition coefficient (Wildman–Crippen LogP) is 2.11. The van der Waals surface area contributed by atoms with Gasteiger partial charge in [-0.25, -0.2) is 4.79 Å². The summed E-state index contributed by atoms with van der Waals surface area (Å²) in [6, 6.07) is 3.71. The number of hydrogen-bond donors (Lipinski definition) is 1. The van der Waals surface area contributed by atoms with Gasteiger partial charge in [-0.05, 0) is 40.0 Å². The summed E-state index contributed by atoms with van der Waals surface area (Å²) < 4.78 is 26.5. The maximum Gasteiger partial charge on any atom is 0.409 e. The van der Waals surface area contributed by atoms with Crippen molar-refractivity contribution >= 4 is 22.0 Å². The zero-order valence-corrected chi connectivity index (χ0v) is 14.7. The molecule has 1 aromatic carbocycles. The standard InChI is InChI=1S/C15H20BrNO6/c1-19-13-6-12(16)14(20-2)5-10(13)3-4-17-15(18)23-9-22-11-7-21-8-11/h5-6,11H,3-4,7-9H2,1-2H3,(H,17,18). The van der Waals surface area contributed by atoms with Crippen LogP contribution in [0.1, 0.15) is 5.56 Å². The van der Waals surface area contributed by atoms with Crippen LogP contribution in [0.5, 0.6) is 11.5 Å². The number of benzene rings is 1. The van der Waals surface area contributed by atoms with Crippen molar-refractivity contribution in [3.63, 3.8) is 0 Å². The van der Waals surface area contributed by atoms with E-state index >= 15 is 0 Å². The summed E-state index contributed by atoms with van der Waals surface area (Å²) in [4.78, 5) is 11.5. The molecular weight excluding hydrogens is 370 g/mol. The van der Waals surface area contributed by atoms with Crippen LogP contribution in [0.3, 0.4) is 0 Å². The van der Waals surface area contributed by atoms with Gasteiger partial charge in [-0.1, -0.05) is 0 Å². The van der Waals surface area contributed by atoms with Crippen LogP contribution in [0, 0.1) is 0 Å². The first-order valence-electron chi connectivity index (χ1n) is 7.14. The third-order valence-electron chi connectivity index (χ3n) is 3.32. The average Bonchev–Trinajstić information content (AvgIpc) is 2.50. The van der Waals surface area contributed by atoms with Crippen LogP contribution >= 0.6 is 15.9 Å². The lowest BCUT2D eigenvalue weighted by molar-refractivity contribution is -0.164. The number of nitrogens with one attached hydrogen (secondary N) is 1. The second-order valence-electron chi connectivity index (χ2n) is 4.85. The summed E-state index contributed by atoms with van der Waals surface area (Å²) in [6.07, 6.45) is 0.0924. The molecule has 1 fully saturated rings. The van der Waals surface area contributed by atoms with Gasteiger partial charge in [-0.2, -0.15) is 0 Å². The van der Waals surface area contributed by atoms with Crippen molar-refractivity contribution in [1.29, 1.82) is 0 Å². The van der Waals surface area contributed by atoms with Gasteiger partial charge in [0, 0.05) is 6.54 Å². The molecule has 7 nitrogen and oxygen atoms in total. The molecule has 0 bridgehead atoms. The lowest BCUT2D eigenvalue weighted by atomic mass is 10.1. The zero-order chi connectivity index (χ0) is 16.7. The smallest absolute Gasteiger partial charge is 0.409 e. The molecule has 1 aliphatic rings. The van der Waals surface area contributed by atoms with Crippen molar-refractivity contribution in [2.75, 3.05) is 40.8 Å². The Kier molecular flexibility index (Phi) is 6.94. The molecule has 2 rings (SSSR count). The molecule has 8 heteroatoms. The third-order valence-corrected chi connectivity index (χ3v) is 3.94. The fourth-order valence-electron chi connectivity index (χ4n) is 1.96. The Morgan fingerprint density at radius 2 is 2.04 bits per heavy atom. The molecule has 128 valence electrons. The third kappa shape index (κ3) is 5.26. The number of carbonyl (C=O) groups excluding carboxylic acids is 1. The van der Waals surface area contributed by atoms with E-state index in [-0.39, 0.29) is 12.9 Å². The van der Waals surface area contributed by atoms with Gasteiger partial charge in [-0.15, -0.1) is 0 Å². The number of alkyl carbamates (subject to hydrolysis) is 1. The number of amides is 1. The van der Waals surface area contributed by atoms with Crippen molar-refractivity contribution in [3.8, 4) is 11.5 Å². The first-order chi connectivity index (χ1) is 11.1. The van der Waals surface area contributed by atoms with E-state index in [1.165, 1.54) is 0 Å². The van der Waals surface area contributed by atoms with Crippen LogP contribution in [0.25, 0.3) is 0 Å². The van der Waals surface area contributed by atoms with Gasteiger partial charge in [0.25, 0.3) is 0 Å². The minimum Gasteiger partial charge on any atom is -0.496 e. The van der Waals surface area contributed by atoms with Crippen LogP contribution < -0.4 is 14.8 Å². The quantitative estimate of drug-likeness (QED) is 0.686. The summed E-state index contributed by atoms with van der Waals surface area (Å²) in [6.45, 7) is 1.44. The SMILES string of the molecule is COc1cc(CCNC(=O)OCOC2COC2)c(OC)cc1Br. The molecule has 1 amide bonds. The minimum atomic E-state index is -0.520. The molecule has 1 heterocycles. The number of carbonyl (C=O) groups is 1. The molecule has 0 unspecified atom stereocenters. The fourth-order valence-corrected chi connectivity index (χ4v) is 2.45. The molecule has 1 aliphatic heterocycles. The largest absolute Gasteiger partial charge is 0.496 e. The van der Waals surface area contributed by atoms with Crippen molar-refractivity contribution in [3.05, 3.63) is 22.2 Å². The Morgan fingerprint density at radius 3 is 2.65 bits per heavy atom. The van der Waals surface area contributed by atoms with Gasteiger partial charge in [0.1, 0.15) is 17.6 Å². The normalized spacial score (nSPS) is 14.0. The van der Waals surface area contributed by atoms with Crippen LogP contribution in [0.4, 0.5) is 4.79 Å². The summed E-state index contributed by atoms with van der Waals surface area (Å²) in [5.74, 6) is 1.43. The monoisotopic (exact) mass is 389 g/mol. The molecule has 23 heavy (non-hydrogen) atoms. The average molecular weight is 390 g/mol. The van der Waals surface area contributed by atoms with E-state index in [9.17, 15) is 4.79 Å².